The van der Waals surface area contributed by atoms with Crippen molar-refractivity contribution < 1.29 is 4.79 Å². The Balaban J connectivity index is 2.53. The van der Waals surface area contributed by atoms with Crippen LogP contribution in [0, 0.1) is 5.92 Å². The van der Waals surface area contributed by atoms with Crippen LogP contribution in [0.3, 0.4) is 0 Å². The van der Waals surface area contributed by atoms with Crippen molar-refractivity contribution in [1.82, 2.24) is 10.6 Å². The highest BCUT2D eigenvalue weighted by Gasteiger charge is 2.33. The molecule has 0 spiro atoms. The van der Waals surface area contributed by atoms with Gasteiger partial charge in [0.1, 0.15) is 0 Å². The minimum absolute atomic E-state index is 0.0291. The molecule has 76 valence electrons. The molecule has 3 nitrogen and oxygen atoms in total. The number of nitrogens with one attached hydrogen (secondary N) is 2. The number of hydrogen-bond acceptors (Lipinski definition) is 2. The van der Waals surface area contributed by atoms with Crippen LogP contribution >= 0.6 is 0 Å². The predicted molar refractivity (Wildman–Crippen MR) is 53.5 cm³/mol. The van der Waals surface area contributed by atoms with Crippen LogP contribution in [0.1, 0.15) is 33.6 Å². The van der Waals surface area contributed by atoms with Crippen molar-refractivity contribution >= 4 is 5.91 Å². The van der Waals surface area contributed by atoms with E-state index in [1.807, 2.05) is 13.8 Å². The fraction of sp³-hybridized carbons (Fsp3) is 0.900. The molecule has 0 aromatic carbocycles. The van der Waals surface area contributed by atoms with Crippen molar-refractivity contribution in [2.45, 2.75) is 39.2 Å². The summed E-state index contributed by atoms with van der Waals surface area (Å²) in [6.07, 6.45) is 2.07. The summed E-state index contributed by atoms with van der Waals surface area (Å²) in [6, 6.07) is 0. The summed E-state index contributed by atoms with van der Waals surface area (Å²) in [7, 11) is 0. The molecule has 1 aliphatic rings. The Kier molecular flexibility index (Phi) is 3.31. The van der Waals surface area contributed by atoms with Crippen molar-refractivity contribution in [2.24, 2.45) is 5.92 Å². The van der Waals surface area contributed by atoms with Crippen LogP contribution in [-0.4, -0.2) is 24.5 Å². The Morgan fingerprint density at radius 1 is 1.62 bits per heavy atom. The molecule has 1 saturated heterocycles. The van der Waals surface area contributed by atoms with Gasteiger partial charge < -0.3 is 10.6 Å². The zero-order chi connectivity index (χ0) is 9.90. The van der Waals surface area contributed by atoms with Gasteiger partial charge in [0.2, 0.25) is 5.91 Å². The summed E-state index contributed by atoms with van der Waals surface area (Å²) in [4.78, 5) is 11.5. The monoisotopic (exact) mass is 184 g/mol. The van der Waals surface area contributed by atoms with Gasteiger partial charge >= 0.3 is 0 Å². The van der Waals surface area contributed by atoms with E-state index in [0.29, 0.717) is 0 Å². The molecule has 1 fully saturated rings. The maximum Gasteiger partial charge on any atom is 0.223 e. The highest BCUT2D eigenvalue weighted by molar-refractivity contribution is 5.78. The van der Waals surface area contributed by atoms with E-state index in [1.54, 1.807) is 0 Å². The van der Waals surface area contributed by atoms with Gasteiger partial charge in [-0.3, -0.25) is 4.79 Å². The van der Waals surface area contributed by atoms with Gasteiger partial charge in [0.25, 0.3) is 0 Å². The van der Waals surface area contributed by atoms with Crippen LogP contribution in [0.5, 0.6) is 0 Å². The molecular formula is C10H20N2O. The fourth-order valence-corrected chi connectivity index (χ4v) is 1.65. The highest BCUT2D eigenvalue weighted by Crippen LogP contribution is 2.19. The Labute approximate surface area is 80.3 Å². The first-order valence-electron chi connectivity index (χ1n) is 5.12. The normalized spacial score (nSPS) is 28.0. The Bertz CT molecular complexity index is 183. The van der Waals surface area contributed by atoms with E-state index in [0.717, 1.165) is 25.9 Å². The first kappa shape index (κ1) is 10.5. The van der Waals surface area contributed by atoms with Gasteiger partial charge in [-0.1, -0.05) is 20.8 Å². The Morgan fingerprint density at radius 2 is 2.31 bits per heavy atom. The molecule has 1 atom stereocenters. The third-order valence-corrected chi connectivity index (χ3v) is 2.83. The Hall–Kier alpha value is -0.570. The molecule has 0 aliphatic carbocycles. The average molecular weight is 184 g/mol. The van der Waals surface area contributed by atoms with Crippen LogP contribution in [0.25, 0.3) is 0 Å². The molecule has 0 bridgehead atoms. The van der Waals surface area contributed by atoms with E-state index in [4.69, 9.17) is 0 Å². The van der Waals surface area contributed by atoms with Gasteiger partial charge in [-0.05, 0) is 19.4 Å². The van der Waals surface area contributed by atoms with E-state index in [9.17, 15) is 4.79 Å². The van der Waals surface area contributed by atoms with Gasteiger partial charge in [-0.25, -0.2) is 0 Å². The topological polar surface area (TPSA) is 41.1 Å². The summed E-state index contributed by atoms with van der Waals surface area (Å²) in [5.41, 5.74) is 0.0291. The average Bonchev–Trinajstić information content (AvgIpc) is 2.54. The van der Waals surface area contributed by atoms with Gasteiger partial charge in [-0.2, -0.15) is 0 Å². The smallest absolute Gasteiger partial charge is 0.223 e. The Morgan fingerprint density at radius 3 is 2.69 bits per heavy atom. The zero-order valence-corrected chi connectivity index (χ0v) is 8.81. The van der Waals surface area contributed by atoms with Crippen LogP contribution in [0.4, 0.5) is 0 Å². The summed E-state index contributed by atoms with van der Waals surface area (Å²) < 4.78 is 0. The van der Waals surface area contributed by atoms with E-state index >= 15 is 0 Å². The summed E-state index contributed by atoms with van der Waals surface area (Å²) in [5, 5.41) is 6.43. The van der Waals surface area contributed by atoms with Crippen LogP contribution < -0.4 is 10.6 Å². The van der Waals surface area contributed by atoms with Crippen LogP contribution in [-0.2, 0) is 4.79 Å². The minimum Gasteiger partial charge on any atom is -0.349 e. The molecule has 0 aromatic rings. The molecule has 1 amide bonds. The van der Waals surface area contributed by atoms with Crippen molar-refractivity contribution in [1.29, 1.82) is 0 Å². The number of carbonyl (C=O) groups is 1. The molecule has 13 heavy (non-hydrogen) atoms. The molecule has 1 aliphatic heterocycles. The van der Waals surface area contributed by atoms with E-state index in [2.05, 4.69) is 17.6 Å². The third-order valence-electron chi connectivity index (χ3n) is 2.83. The van der Waals surface area contributed by atoms with Gasteiger partial charge in [0.15, 0.2) is 0 Å². The highest BCUT2D eigenvalue weighted by atomic mass is 16.2. The summed E-state index contributed by atoms with van der Waals surface area (Å²) >= 11 is 0. The van der Waals surface area contributed by atoms with Gasteiger partial charge in [0.05, 0.1) is 5.54 Å². The van der Waals surface area contributed by atoms with Gasteiger partial charge in [0, 0.05) is 12.5 Å². The molecular weight excluding hydrogens is 164 g/mol. The number of amides is 1. The van der Waals surface area contributed by atoms with Crippen molar-refractivity contribution in [3.8, 4) is 0 Å². The maximum absolute atomic E-state index is 11.5. The molecule has 2 N–H and O–H groups in total. The van der Waals surface area contributed by atoms with Crippen molar-refractivity contribution in [3.05, 3.63) is 0 Å². The predicted octanol–water partition coefficient (Wildman–Crippen LogP) is 0.901. The first-order chi connectivity index (χ1) is 6.09. The lowest BCUT2D eigenvalue weighted by Crippen LogP contribution is -2.50. The van der Waals surface area contributed by atoms with Gasteiger partial charge in [-0.15, -0.1) is 0 Å². The lowest BCUT2D eigenvalue weighted by Gasteiger charge is -2.29. The van der Waals surface area contributed by atoms with Crippen molar-refractivity contribution in [3.63, 3.8) is 0 Å². The molecule has 3 heteroatoms. The fourth-order valence-electron chi connectivity index (χ4n) is 1.65. The van der Waals surface area contributed by atoms with E-state index in [1.165, 1.54) is 0 Å². The van der Waals surface area contributed by atoms with E-state index in [-0.39, 0.29) is 17.4 Å². The van der Waals surface area contributed by atoms with Crippen molar-refractivity contribution in [2.75, 3.05) is 13.1 Å². The molecule has 1 rings (SSSR count). The molecule has 0 saturated carbocycles. The number of carbonyl (C=O) groups excluding carboxylic acids is 1. The molecule has 1 unspecified atom stereocenters. The maximum atomic E-state index is 11.5. The van der Waals surface area contributed by atoms with Crippen LogP contribution in [0.15, 0.2) is 0 Å². The number of rotatable bonds is 3. The molecule has 0 aromatic heterocycles. The first-order valence-corrected chi connectivity index (χ1v) is 5.12. The minimum atomic E-state index is 0.0291. The molecule has 0 radical (unpaired) electrons. The second-order valence-electron chi connectivity index (χ2n) is 4.20. The summed E-state index contributed by atoms with van der Waals surface area (Å²) in [5.74, 6) is 0.259. The van der Waals surface area contributed by atoms with E-state index < -0.39 is 0 Å². The second kappa shape index (κ2) is 4.09. The standard InChI is InChI=1S/C10H20N2O/c1-4-10(5-6-11-7-10)12-9(13)8(2)3/h8,11H,4-7H2,1-3H3,(H,12,13). The lowest BCUT2D eigenvalue weighted by atomic mass is 9.94. The largest absolute Gasteiger partial charge is 0.349 e. The second-order valence-corrected chi connectivity index (χ2v) is 4.20. The molecule has 1 heterocycles. The zero-order valence-electron chi connectivity index (χ0n) is 8.81. The summed E-state index contributed by atoms with van der Waals surface area (Å²) in [6.45, 7) is 7.93. The van der Waals surface area contributed by atoms with Crippen LogP contribution in [0.2, 0.25) is 0 Å². The quantitative estimate of drug-likeness (QED) is 0.684. The lowest BCUT2D eigenvalue weighted by molar-refractivity contribution is -0.125. The number of hydrogen-bond donors (Lipinski definition) is 2. The SMILES string of the molecule is CCC1(NC(=O)C(C)C)CCNC1. The third kappa shape index (κ3) is 2.44.